The quantitative estimate of drug-likeness (QED) is 0.757. The van der Waals surface area contributed by atoms with Gasteiger partial charge in [0.25, 0.3) is 0 Å². The molecule has 1 atom stereocenters. The van der Waals surface area contributed by atoms with Crippen molar-refractivity contribution in [2.75, 3.05) is 20.6 Å². The van der Waals surface area contributed by atoms with E-state index in [0.29, 0.717) is 6.54 Å². The third-order valence-electron chi connectivity index (χ3n) is 3.19. The Balaban J connectivity index is 2.48. The monoisotopic (exact) mass is 279 g/mol. The normalized spacial score (nSPS) is 12.0. The molecular weight excluding hydrogens is 258 g/mol. The first-order valence-corrected chi connectivity index (χ1v) is 6.44. The van der Waals surface area contributed by atoms with Gasteiger partial charge in [0.05, 0.1) is 0 Å². The molecule has 0 spiro atoms. The highest BCUT2D eigenvalue weighted by atomic mass is 16.3. The van der Waals surface area contributed by atoms with Gasteiger partial charge in [-0.25, -0.2) is 4.79 Å². The van der Waals surface area contributed by atoms with Gasteiger partial charge in [-0.2, -0.15) is 0 Å². The number of aromatic hydroxyl groups is 1. The van der Waals surface area contributed by atoms with E-state index >= 15 is 0 Å². The lowest BCUT2D eigenvalue weighted by Crippen LogP contribution is -2.39. The number of carbonyl (C=O) groups is 2. The maximum atomic E-state index is 11.5. The Kier molecular flexibility index (Phi) is 5.99. The molecule has 0 saturated carbocycles. The molecule has 0 aliphatic heterocycles. The Bertz CT molecular complexity index is 476. The molecule has 0 aliphatic carbocycles. The van der Waals surface area contributed by atoms with Crippen molar-refractivity contribution in [3.8, 4) is 5.75 Å². The molecule has 1 aromatic rings. The highest BCUT2D eigenvalue weighted by molar-refractivity contribution is 5.94. The number of nitrogens with one attached hydrogen (secondary N) is 2. The van der Waals surface area contributed by atoms with E-state index in [4.69, 9.17) is 0 Å². The van der Waals surface area contributed by atoms with Crippen molar-refractivity contribution in [2.24, 2.45) is 0 Å². The van der Waals surface area contributed by atoms with E-state index < -0.39 is 6.03 Å². The molecule has 3 amide bonds. The molecule has 6 nitrogen and oxygen atoms in total. The van der Waals surface area contributed by atoms with E-state index in [2.05, 4.69) is 10.6 Å². The maximum Gasteiger partial charge on any atom is 0.321 e. The fourth-order valence-corrected chi connectivity index (χ4v) is 1.76. The minimum atomic E-state index is -0.501. The van der Waals surface area contributed by atoms with Crippen molar-refractivity contribution in [3.63, 3.8) is 0 Å². The van der Waals surface area contributed by atoms with Crippen molar-refractivity contribution >= 4 is 11.9 Å². The second-order valence-electron chi connectivity index (χ2n) is 4.63. The van der Waals surface area contributed by atoms with Gasteiger partial charge in [-0.1, -0.05) is 12.1 Å². The molecule has 3 N–H and O–H groups in total. The summed E-state index contributed by atoms with van der Waals surface area (Å²) in [7, 11) is 3.35. The van der Waals surface area contributed by atoms with Gasteiger partial charge in [-0.3, -0.25) is 15.0 Å². The van der Waals surface area contributed by atoms with Gasteiger partial charge in [-0.15, -0.1) is 0 Å². The Morgan fingerprint density at radius 3 is 2.70 bits per heavy atom. The number of nitrogens with zero attached hydrogens (tertiary/aromatic N) is 1. The van der Waals surface area contributed by atoms with Crippen LogP contribution >= 0.6 is 0 Å². The van der Waals surface area contributed by atoms with Crippen LogP contribution in [0.4, 0.5) is 4.79 Å². The molecular formula is C14H21N3O3. The lowest BCUT2D eigenvalue weighted by Gasteiger charge is -2.24. The summed E-state index contributed by atoms with van der Waals surface area (Å²) in [6.45, 7) is 2.51. The standard InChI is InChI=1S/C14H21N3O3/c1-10(11-5-4-6-12(18)9-11)17(3)8-7-13(19)16-14(20)15-2/h4-6,9-10,18H,7-8H2,1-3H3,(H2,15,16,19,20)/t10-/m1/s1. The van der Waals surface area contributed by atoms with Crippen LogP contribution in [-0.2, 0) is 4.79 Å². The molecule has 6 heteroatoms. The summed E-state index contributed by atoms with van der Waals surface area (Å²) in [4.78, 5) is 24.5. The van der Waals surface area contributed by atoms with Gasteiger partial charge in [0.2, 0.25) is 5.91 Å². The summed E-state index contributed by atoms with van der Waals surface area (Å²) in [5.74, 6) is -0.0978. The number of amides is 3. The van der Waals surface area contributed by atoms with E-state index in [0.717, 1.165) is 5.56 Å². The van der Waals surface area contributed by atoms with Crippen LogP contribution < -0.4 is 10.6 Å². The van der Waals surface area contributed by atoms with E-state index in [-0.39, 0.29) is 24.1 Å². The summed E-state index contributed by atoms with van der Waals surface area (Å²) in [5.41, 5.74) is 0.971. The number of imide groups is 1. The summed E-state index contributed by atoms with van der Waals surface area (Å²) < 4.78 is 0. The SMILES string of the molecule is CNC(=O)NC(=O)CCN(C)[C@H](C)c1cccc(O)c1. The summed E-state index contributed by atoms with van der Waals surface area (Å²) in [6.07, 6.45) is 0.229. The molecule has 0 bridgehead atoms. The van der Waals surface area contributed by atoms with Crippen LogP contribution in [0.1, 0.15) is 24.9 Å². The third kappa shape index (κ3) is 4.89. The highest BCUT2D eigenvalue weighted by Gasteiger charge is 2.14. The number of rotatable bonds is 5. The zero-order valence-corrected chi connectivity index (χ0v) is 12.0. The molecule has 0 aromatic heterocycles. The molecule has 0 radical (unpaired) electrons. The van der Waals surface area contributed by atoms with Crippen molar-refractivity contribution < 1.29 is 14.7 Å². The molecule has 0 fully saturated rings. The average molecular weight is 279 g/mol. The Labute approximate surface area is 118 Å². The molecule has 0 heterocycles. The Hall–Kier alpha value is -2.08. The third-order valence-corrected chi connectivity index (χ3v) is 3.19. The fraction of sp³-hybridized carbons (Fsp3) is 0.429. The summed E-state index contributed by atoms with van der Waals surface area (Å²) >= 11 is 0. The fourth-order valence-electron chi connectivity index (χ4n) is 1.76. The van der Waals surface area contributed by atoms with Crippen LogP contribution in [0.15, 0.2) is 24.3 Å². The van der Waals surface area contributed by atoms with Crippen LogP contribution in [0.25, 0.3) is 0 Å². The molecule has 0 saturated heterocycles. The molecule has 0 unspecified atom stereocenters. The minimum Gasteiger partial charge on any atom is -0.508 e. The van der Waals surface area contributed by atoms with Gasteiger partial charge >= 0.3 is 6.03 Å². The second kappa shape index (κ2) is 7.49. The lowest BCUT2D eigenvalue weighted by molar-refractivity contribution is -0.120. The molecule has 20 heavy (non-hydrogen) atoms. The van der Waals surface area contributed by atoms with Crippen LogP contribution in [0.2, 0.25) is 0 Å². The first-order valence-electron chi connectivity index (χ1n) is 6.44. The Morgan fingerprint density at radius 2 is 2.10 bits per heavy atom. The number of urea groups is 1. The van der Waals surface area contributed by atoms with Crippen molar-refractivity contribution in [1.82, 2.24) is 15.5 Å². The lowest BCUT2D eigenvalue weighted by atomic mass is 10.1. The molecule has 0 aliphatic rings. The predicted molar refractivity (Wildman–Crippen MR) is 76.4 cm³/mol. The molecule has 1 rings (SSSR count). The van der Waals surface area contributed by atoms with Gasteiger partial charge in [0.1, 0.15) is 5.75 Å². The van der Waals surface area contributed by atoms with Crippen molar-refractivity contribution in [3.05, 3.63) is 29.8 Å². The summed E-state index contributed by atoms with van der Waals surface area (Å²) in [5, 5.41) is 14.0. The largest absolute Gasteiger partial charge is 0.508 e. The van der Waals surface area contributed by atoms with E-state index in [1.807, 2.05) is 24.9 Å². The van der Waals surface area contributed by atoms with Gasteiger partial charge < -0.3 is 10.4 Å². The number of phenolic OH excluding ortho intramolecular Hbond substituents is 1. The number of phenols is 1. The van der Waals surface area contributed by atoms with E-state index in [1.165, 1.54) is 7.05 Å². The smallest absolute Gasteiger partial charge is 0.321 e. The van der Waals surface area contributed by atoms with Gasteiger partial charge in [0.15, 0.2) is 0 Å². The highest BCUT2D eigenvalue weighted by Crippen LogP contribution is 2.22. The van der Waals surface area contributed by atoms with Crippen molar-refractivity contribution in [2.45, 2.75) is 19.4 Å². The molecule has 1 aromatic carbocycles. The first-order chi connectivity index (χ1) is 9.43. The van der Waals surface area contributed by atoms with Crippen LogP contribution in [0.3, 0.4) is 0 Å². The number of carbonyl (C=O) groups excluding carboxylic acids is 2. The Morgan fingerprint density at radius 1 is 1.40 bits per heavy atom. The van der Waals surface area contributed by atoms with E-state index in [1.54, 1.807) is 18.2 Å². The zero-order chi connectivity index (χ0) is 15.1. The summed E-state index contributed by atoms with van der Waals surface area (Å²) in [6, 6.07) is 6.59. The predicted octanol–water partition coefficient (Wildman–Crippen LogP) is 1.23. The number of hydrogen-bond acceptors (Lipinski definition) is 4. The second-order valence-corrected chi connectivity index (χ2v) is 4.63. The average Bonchev–Trinajstić information content (AvgIpc) is 2.43. The maximum absolute atomic E-state index is 11.5. The van der Waals surface area contributed by atoms with Crippen molar-refractivity contribution in [1.29, 1.82) is 0 Å². The van der Waals surface area contributed by atoms with Gasteiger partial charge in [0, 0.05) is 26.1 Å². The number of hydrogen-bond donors (Lipinski definition) is 3. The van der Waals surface area contributed by atoms with E-state index in [9.17, 15) is 14.7 Å². The minimum absolute atomic E-state index is 0.0647. The van der Waals surface area contributed by atoms with Crippen LogP contribution in [0, 0.1) is 0 Å². The first kappa shape index (κ1) is 16.0. The molecule has 110 valence electrons. The van der Waals surface area contributed by atoms with Crippen LogP contribution in [-0.4, -0.2) is 42.6 Å². The number of benzene rings is 1. The topological polar surface area (TPSA) is 81.7 Å². The van der Waals surface area contributed by atoms with Crippen LogP contribution in [0.5, 0.6) is 5.75 Å². The zero-order valence-electron chi connectivity index (χ0n) is 12.0. The van der Waals surface area contributed by atoms with Gasteiger partial charge in [-0.05, 0) is 31.7 Å².